The zero-order valence-electron chi connectivity index (χ0n) is 19.4. The Morgan fingerprint density at radius 2 is 1.74 bits per heavy atom. The molecule has 2 aromatic heterocycles. The molecule has 2 amide bonds. The number of aromatic nitrogens is 3. The van der Waals surface area contributed by atoms with Gasteiger partial charge in [-0.3, -0.25) is 24.0 Å². The molecule has 0 atom stereocenters. The average Bonchev–Trinajstić information content (AvgIpc) is 3.78. The van der Waals surface area contributed by atoms with Crippen molar-refractivity contribution in [2.75, 3.05) is 19.6 Å². The van der Waals surface area contributed by atoms with E-state index in [-0.39, 0.29) is 11.8 Å². The molecule has 2 aliphatic carbocycles. The molecule has 0 bridgehead atoms. The molecule has 1 saturated heterocycles. The minimum Gasteiger partial charge on any atom is -0.342 e. The molecule has 8 heteroatoms. The number of carbonyl (C=O) groups excluding carboxylic acids is 2. The predicted octanol–water partition coefficient (Wildman–Crippen LogP) is 2.92. The van der Waals surface area contributed by atoms with Crippen molar-refractivity contribution in [1.82, 2.24) is 24.3 Å². The first kappa shape index (κ1) is 20.6. The molecule has 4 heterocycles. The van der Waals surface area contributed by atoms with E-state index >= 15 is 0 Å². The second kappa shape index (κ2) is 7.60. The molecule has 7 rings (SSSR count). The highest BCUT2D eigenvalue weighted by Crippen LogP contribution is 2.46. The molecule has 2 aliphatic heterocycles. The second-order valence-corrected chi connectivity index (χ2v) is 10.2. The van der Waals surface area contributed by atoms with Crippen molar-refractivity contribution in [3.05, 3.63) is 66.9 Å². The fourth-order valence-electron chi connectivity index (χ4n) is 5.12. The topological polar surface area (TPSA) is 83.7 Å². The summed E-state index contributed by atoms with van der Waals surface area (Å²) in [5, 5.41) is 0. The summed E-state index contributed by atoms with van der Waals surface area (Å²) in [5.41, 5.74) is 2.51. The van der Waals surface area contributed by atoms with Gasteiger partial charge in [-0.1, -0.05) is 24.3 Å². The predicted molar refractivity (Wildman–Crippen MR) is 130 cm³/mol. The Morgan fingerprint density at radius 3 is 2.37 bits per heavy atom. The number of aliphatic imine (C=N–C) groups is 1. The fourth-order valence-corrected chi connectivity index (χ4v) is 5.12. The van der Waals surface area contributed by atoms with Gasteiger partial charge in [0.15, 0.2) is 0 Å². The largest absolute Gasteiger partial charge is 0.342 e. The summed E-state index contributed by atoms with van der Waals surface area (Å²) in [6.45, 7) is 2.13. The van der Waals surface area contributed by atoms with Gasteiger partial charge in [0.1, 0.15) is 23.5 Å². The molecule has 1 aromatic carbocycles. The Morgan fingerprint density at radius 1 is 1.00 bits per heavy atom. The Labute approximate surface area is 203 Å². The quantitative estimate of drug-likeness (QED) is 0.559. The van der Waals surface area contributed by atoms with Crippen LogP contribution in [0.5, 0.6) is 0 Å². The third-order valence-corrected chi connectivity index (χ3v) is 7.57. The monoisotopic (exact) mass is 466 g/mol. The summed E-state index contributed by atoms with van der Waals surface area (Å²) in [4.78, 5) is 42.8. The number of amidine groups is 1. The number of rotatable bonds is 6. The van der Waals surface area contributed by atoms with E-state index in [1.54, 1.807) is 12.5 Å². The number of nitrogens with zero attached hydrogens (tertiary/aromatic N) is 6. The minimum atomic E-state index is -0.533. The summed E-state index contributed by atoms with van der Waals surface area (Å²) in [7, 11) is 0. The van der Waals surface area contributed by atoms with Crippen molar-refractivity contribution in [3.63, 3.8) is 0 Å². The standard InChI is InChI=1S/C27H26N6O2/c34-25(21-5-6-21)32-14-18(15-32)16-33-24(30-27(9-10-27)26(33)35)20-3-1-19(2-4-20)22-7-8-23(29-13-22)31-12-11-28-17-31/h1-4,7-8,11-13,17-18,21H,5-6,9-10,14-16H2. The van der Waals surface area contributed by atoms with Crippen LogP contribution in [0, 0.1) is 11.8 Å². The van der Waals surface area contributed by atoms with Crippen molar-refractivity contribution in [2.24, 2.45) is 16.8 Å². The van der Waals surface area contributed by atoms with Crippen LogP contribution in [0.25, 0.3) is 16.9 Å². The molecule has 1 spiro atoms. The molecule has 0 unspecified atom stereocenters. The van der Waals surface area contributed by atoms with Gasteiger partial charge < -0.3 is 4.90 Å². The van der Waals surface area contributed by atoms with Gasteiger partial charge in [-0.05, 0) is 43.4 Å². The van der Waals surface area contributed by atoms with E-state index in [9.17, 15) is 9.59 Å². The maximum absolute atomic E-state index is 13.2. The van der Waals surface area contributed by atoms with Gasteiger partial charge in [0, 0.05) is 61.2 Å². The van der Waals surface area contributed by atoms with Crippen LogP contribution >= 0.6 is 0 Å². The lowest BCUT2D eigenvalue weighted by Crippen LogP contribution is -2.55. The summed E-state index contributed by atoms with van der Waals surface area (Å²) < 4.78 is 1.87. The summed E-state index contributed by atoms with van der Waals surface area (Å²) in [6.07, 6.45) is 10.9. The van der Waals surface area contributed by atoms with E-state index in [0.717, 1.165) is 67.1 Å². The fraction of sp³-hybridized carbons (Fsp3) is 0.370. The van der Waals surface area contributed by atoms with Crippen LogP contribution < -0.4 is 0 Å². The first-order valence-corrected chi connectivity index (χ1v) is 12.4. The van der Waals surface area contributed by atoms with Gasteiger partial charge in [0.2, 0.25) is 5.91 Å². The number of carbonyl (C=O) groups is 2. The van der Waals surface area contributed by atoms with Gasteiger partial charge >= 0.3 is 0 Å². The van der Waals surface area contributed by atoms with Crippen molar-refractivity contribution in [3.8, 4) is 16.9 Å². The first-order valence-electron chi connectivity index (χ1n) is 12.4. The number of pyridine rings is 1. The van der Waals surface area contributed by atoms with E-state index < -0.39 is 5.54 Å². The maximum Gasteiger partial charge on any atom is 0.256 e. The third-order valence-electron chi connectivity index (χ3n) is 7.57. The zero-order valence-corrected chi connectivity index (χ0v) is 19.4. The first-order chi connectivity index (χ1) is 17.1. The van der Waals surface area contributed by atoms with E-state index in [2.05, 4.69) is 22.1 Å². The summed E-state index contributed by atoms with van der Waals surface area (Å²) >= 11 is 0. The molecule has 3 aromatic rings. The number of likely N-dealkylation sites (tertiary alicyclic amines) is 1. The van der Waals surface area contributed by atoms with E-state index in [1.807, 2.05) is 51.0 Å². The number of imidazole rings is 1. The Hall–Kier alpha value is -3.81. The van der Waals surface area contributed by atoms with Crippen LogP contribution in [0.3, 0.4) is 0 Å². The van der Waals surface area contributed by atoms with Gasteiger partial charge in [0.25, 0.3) is 5.91 Å². The molecule has 176 valence electrons. The SMILES string of the molecule is O=C(C1CC1)N1CC(CN2C(=O)C3(CC3)N=C2c2ccc(-c3ccc(-n4ccnc4)nc3)cc2)C1. The summed E-state index contributed by atoms with van der Waals surface area (Å²) in [6, 6.07) is 12.2. The Kier molecular flexibility index (Phi) is 4.46. The molecule has 35 heavy (non-hydrogen) atoms. The van der Waals surface area contributed by atoms with Crippen LogP contribution in [-0.2, 0) is 9.59 Å². The highest BCUT2D eigenvalue weighted by molar-refractivity contribution is 6.16. The van der Waals surface area contributed by atoms with Crippen LogP contribution in [0.4, 0.5) is 0 Å². The molecule has 3 fully saturated rings. The third kappa shape index (κ3) is 3.55. The van der Waals surface area contributed by atoms with E-state index in [0.29, 0.717) is 18.4 Å². The van der Waals surface area contributed by atoms with Crippen molar-refractivity contribution < 1.29 is 9.59 Å². The Bertz CT molecular complexity index is 1320. The van der Waals surface area contributed by atoms with Crippen LogP contribution in [-0.4, -0.2) is 67.2 Å². The highest BCUT2D eigenvalue weighted by Gasteiger charge is 2.57. The number of hydrogen-bond acceptors (Lipinski definition) is 5. The van der Waals surface area contributed by atoms with E-state index in [1.165, 1.54) is 0 Å². The van der Waals surface area contributed by atoms with Crippen LogP contribution in [0.15, 0.2) is 66.3 Å². The van der Waals surface area contributed by atoms with Crippen molar-refractivity contribution in [1.29, 1.82) is 0 Å². The van der Waals surface area contributed by atoms with Crippen molar-refractivity contribution >= 4 is 17.6 Å². The van der Waals surface area contributed by atoms with Crippen LogP contribution in [0.1, 0.15) is 31.2 Å². The molecular formula is C27H26N6O2. The second-order valence-electron chi connectivity index (χ2n) is 10.2. The van der Waals surface area contributed by atoms with Gasteiger partial charge in [-0.25, -0.2) is 9.97 Å². The molecule has 0 N–H and O–H groups in total. The van der Waals surface area contributed by atoms with Gasteiger partial charge in [0.05, 0.1) is 0 Å². The van der Waals surface area contributed by atoms with Crippen LogP contribution in [0.2, 0.25) is 0 Å². The Balaban J connectivity index is 1.08. The van der Waals surface area contributed by atoms with Gasteiger partial charge in [-0.15, -0.1) is 0 Å². The molecule has 0 radical (unpaired) electrons. The van der Waals surface area contributed by atoms with Gasteiger partial charge in [-0.2, -0.15) is 0 Å². The lowest BCUT2D eigenvalue weighted by atomic mass is 9.98. The molecular weight excluding hydrogens is 440 g/mol. The maximum atomic E-state index is 13.2. The summed E-state index contributed by atoms with van der Waals surface area (Å²) in [5.74, 6) is 2.60. The van der Waals surface area contributed by atoms with Crippen molar-refractivity contribution in [2.45, 2.75) is 31.2 Å². The highest BCUT2D eigenvalue weighted by atomic mass is 16.2. The molecule has 2 saturated carbocycles. The number of amides is 2. The molecule has 8 nitrogen and oxygen atoms in total. The lowest BCUT2D eigenvalue weighted by Gasteiger charge is -2.41. The number of benzene rings is 1. The average molecular weight is 467 g/mol. The van der Waals surface area contributed by atoms with E-state index in [4.69, 9.17) is 4.99 Å². The normalized spacial score (nSPS) is 20.8. The zero-order chi connectivity index (χ0) is 23.6. The number of hydrogen-bond donors (Lipinski definition) is 0. The minimum absolute atomic E-state index is 0.128. The molecule has 4 aliphatic rings. The smallest absolute Gasteiger partial charge is 0.256 e. The lowest BCUT2D eigenvalue weighted by molar-refractivity contribution is -0.139.